The van der Waals surface area contributed by atoms with Crippen molar-refractivity contribution in [1.29, 1.82) is 0 Å². The number of rotatable bonds is 4. The molecule has 0 radical (unpaired) electrons. The van der Waals surface area contributed by atoms with E-state index in [4.69, 9.17) is 0 Å². The quantitative estimate of drug-likeness (QED) is 0.866. The smallest absolute Gasteiger partial charge is 0.125 e. The van der Waals surface area contributed by atoms with Gasteiger partial charge in [-0.2, -0.15) is 0 Å². The van der Waals surface area contributed by atoms with Crippen molar-refractivity contribution in [3.05, 3.63) is 23.9 Å². The average Bonchev–Trinajstić information content (AvgIpc) is 2.40. The second-order valence-electron chi connectivity index (χ2n) is 4.83. The SMILES string of the molecule is CCC1CCCCN1Cc1ccc(NC)nc1. The van der Waals surface area contributed by atoms with E-state index in [2.05, 4.69) is 34.3 Å². The van der Waals surface area contributed by atoms with Crippen molar-refractivity contribution in [1.82, 2.24) is 9.88 Å². The highest BCUT2D eigenvalue weighted by Crippen LogP contribution is 2.21. The van der Waals surface area contributed by atoms with E-state index in [1.165, 1.54) is 37.8 Å². The van der Waals surface area contributed by atoms with Crippen LogP contribution >= 0.6 is 0 Å². The summed E-state index contributed by atoms with van der Waals surface area (Å²) in [6, 6.07) is 5.01. The molecule has 1 saturated heterocycles. The van der Waals surface area contributed by atoms with Gasteiger partial charge in [-0.3, -0.25) is 4.90 Å². The van der Waals surface area contributed by atoms with Gasteiger partial charge in [0.05, 0.1) is 0 Å². The Labute approximate surface area is 104 Å². The number of likely N-dealkylation sites (tertiary alicyclic amines) is 1. The van der Waals surface area contributed by atoms with Gasteiger partial charge in [0.15, 0.2) is 0 Å². The predicted octanol–water partition coefficient (Wildman–Crippen LogP) is 2.89. The minimum Gasteiger partial charge on any atom is -0.373 e. The van der Waals surface area contributed by atoms with Gasteiger partial charge in [0.1, 0.15) is 5.82 Å². The van der Waals surface area contributed by atoms with Crippen molar-refractivity contribution in [2.45, 2.75) is 45.2 Å². The van der Waals surface area contributed by atoms with Crippen LogP contribution in [0.15, 0.2) is 18.3 Å². The minimum absolute atomic E-state index is 0.771. The maximum atomic E-state index is 4.38. The molecule has 2 rings (SSSR count). The summed E-state index contributed by atoms with van der Waals surface area (Å²) in [7, 11) is 1.90. The van der Waals surface area contributed by atoms with Crippen LogP contribution in [0.1, 0.15) is 38.2 Å². The van der Waals surface area contributed by atoms with Crippen molar-refractivity contribution in [2.75, 3.05) is 18.9 Å². The number of nitrogens with one attached hydrogen (secondary N) is 1. The zero-order valence-corrected chi connectivity index (χ0v) is 10.9. The second kappa shape index (κ2) is 6.01. The first kappa shape index (κ1) is 12.4. The molecule has 0 spiro atoms. The van der Waals surface area contributed by atoms with E-state index in [1.54, 1.807) is 0 Å². The van der Waals surface area contributed by atoms with E-state index >= 15 is 0 Å². The third-order valence-corrected chi connectivity index (χ3v) is 3.69. The predicted molar refractivity (Wildman–Crippen MR) is 72.1 cm³/mol. The molecule has 1 N–H and O–H groups in total. The van der Waals surface area contributed by atoms with Gasteiger partial charge in [0.2, 0.25) is 0 Å². The van der Waals surface area contributed by atoms with E-state index < -0.39 is 0 Å². The van der Waals surface area contributed by atoms with Crippen molar-refractivity contribution in [3.63, 3.8) is 0 Å². The fraction of sp³-hybridized carbons (Fsp3) is 0.643. The van der Waals surface area contributed by atoms with E-state index in [1.807, 2.05) is 13.2 Å². The highest BCUT2D eigenvalue weighted by molar-refractivity contribution is 5.34. The van der Waals surface area contributed by atoms with Crippen molar-refractivity contribution >= 4 is 5.82 Å². The van der Waals surface area contributed by atoms with Crippen molar-refractivity contribution in [2.24, 2.45) is 0 Å². The van der Waals surface area contributed by atoms with Gasteiger partial charge < -0.3 is 5.32 Å². The number of nitrogens with zero attached hydrogens (tertiary/aromatic N) is 2. The Morgan fingerprint density at radius 1 is 1.41 bits per heavy atom. The Balaban J connectivity index is 1.98. The molecule has 1 aromatic rings. The Morgan fingerprint density at radius 2 is 2.29 bits per heavy atom. The molecule has 0 amide bonds. The van der Waals surface area contributed by atoms with Crippen LogP contribution in [0.5, 0.6) is 0 Å². The standard InChI is InChI=1S/C14H23N3/c1-3-13-6-4-5-9-17(13)11-12-7-8-14(15-2)16-10-12/h7-8,10,13H,3-6,9,11H2,1-2H3,(H,15,16). The monoisotopic (exact) mass is 233 g/mol. The van der Waals surface area contributed by atoms with Crippen LogP contribution in [0.3, 0.4) is 0 Å². The van der Waals surface area contributed by atoms with Gasteiger partial charge in [-0.25, -0.2) is 4.98 Å². The van der Waals surface area contributed by atoms with Crippen LogP contribution < -0.4 is 5.32 Å². The number of anilines is 1. The van der Waals surface area contributed by atoms with Crippen molar-refractivity contribution < 1.29 is 0 Å². The largest absolute Gasteiger partial charge is 0.373 e. The summed E-state index contributed by atoms with van der Waals surface area (Å²) in [6.45, 7) is 4.59. The van der Waals surface area contributed by atoms with Gasteiger partial charge in [-0.05, 0) is 37.4 Å². The van der Waals surface area contributed by atoms with E-state index in [0.29, 0.717) is 0 Å². The molecule has 94 valence electrons. The molecule has 3 nitrogen and oxygen atoms in total. The van der Waals surface area contributed by atoms with Crippen LogP contribution in [0.2, 0.25) is 0 Å². The van der Waals surface area contributed by atoms with Crippen LogP contribution in [-0.2, 0) is 6.54 Å². The fourth-order valence-electron chi connectivity index (χ4n) is 2.63. The summed E-state index contributed by atoms with van der Waals surface area (Å²) in [4.78, 5) is 6.99. The molecule has 0 bridgehead atoms. The lowest BCUT2D eigenvalue weighted by molar-refractivity contribution is 0.136. The minimum atomic E-state index is 0.771. The van der Waals surface area contributed by atoms with Crippen LogP contribution in [0, 0.1) is 0 Å². The highest BCUT2D eigenvalue weighted by atomic mass is 15.2. The summed E-state index contributed by atoms with van der Waals surface area (Å²) in [6.07, 6.45) is 7.36. The Kier molecular flexibility index (Phi) is 4.37. The Bertz CT molecular complexity index is 334. The van der Waals surface area contributed by atoms with Gasteiger partial charge in [0.25, 0.3) is 0 Å². The molecule has 2 heterocycles. The van der Waals surface area contributed by atoms with E-state index in [0.717, 1.165) is 18.4 Å². The van der Waals surface area contributed by atoms with Gasteiger partial charge in [-0.1, -0.05) is 19.4 Å². The Morgan fingerprint density at radius 3 is 2.94 bits per heavy atom. The van der Waals surface area contributed by atoms with Gasteiger partial charge in [0, 0.05) is 25.8 Å². The first-order chi connectivity index (χ1) is 8.33. The summed E-state index contributed by atoms with van der Waals surface area (Å²) in [5, 5.41) is 3.05. The number of aromatic nitrogens is 1. The lowest BCUT2D eigenvalue weighted by Crippen LogP contribution is -2.38. The zero-order chi connectivity index (χ0) is 12.1. The third kappa shape index (κ3) is 3.19. The molecule has 17 heavy (non-hydrogen) atoms. The summed E-state index contributed by atoms with van der Waals surface area (Å²) in [5.41, 5.74) is 1.32. The molecular formula is C14H23N3. The molecule has 1 fully saturated rings. The first-order valence-corrected chi connectivity index (χ1v) is 6.70. The fourth-order valence-corrected chi connectivity index (χ4v) is 2.63. The highest BCUT2D eigenvalue weighted by Gasteiger charge is 2.20. The molecule has 3 heteroatoms. The average molecular weight is 233 g/mol. The summed E-state index contributed by atoms with van der Waals surface area (Å²) < 4.78 is 0. The molecule has 0 aliphatic carbocycles. The number of hydrogen-bond acceptors (Lipinski definition) is 3. The van der Waals surface area contributed by atoms with Gasteiger partial charge >= 0.3 is 0 Å². The molecule has 1 aliphatic rings. The molecule has 1 atom stereocenters. The molecule has 0 saturated carbocycles. The molecule has 1 unspecified atom stereocenters. The van der Waals surface area contributed by atoms with Gasteiger partial charge in [-0.15, -0.1) is 0 Å². The number of hydrogen-bond donors (Lipinski definition) is 1. The summed E-state index contributed by atoms with van der Waals surface area (Å²) in [5.74, 6) is 0.944. The van der Waals surface area contributed by atoms with Crippen LogP contribution in [-0.4, -0.2) is 29.5 Å². The topological polar surface area (TPSA) is 28.2 Å². The van der Waals surface area contributed by atoms with Crippen LogP contribution in [0.4, 0.5) is 5.82 Å². The third-order valence-electron chi connectivity index (χ3n) is 3.69. The lowest BCUT2D eigenvalue weighted by atomic mass is 9.99. The molecular weight excluding hydrogens is 210 g/mol. The molecule has 1 aliphatic heterocycles. The molecule has 1 aromatic heterocycles. The van der Waals surface area contributed by atoms with Crippen LogP contribution in [0.25, 0.3) is 0 Å². The maximum absolute atomic E-state index is 4.38. The first-order valence-electron chi connectivity index (χ1n) is 6.70. The second-order valence-corrected chi connectivity index (χ2v) is 4.83. The number of piperidine rings is 1. The van der Waals surface area contributed by atoms with E-state index in [9.17, 15) is 0 Å². The number of pyridine rings is 1. The normalized spacial score (nSPS) is 21.4. The Hall–Kier alpha value is -1.09. The molecule has 0 aromatic carbocycles. The maximum Gasteiger partial charge on any atom is 0.125 e. The van der Waals surface area contributed by atoms with E-state index in [-0.39, 0.29) is 0 Å². The zero-order valence-electron chi connectivity index (χ0n) is 10.9. The lowest BCUT2D eigenvalue weighted by Gasteiger charge is -2.35. The summed E-state index contributed by atoms with van der Waals surface area (Å²) >= 11 is 0. The van der Waals surface area contributed by atoms with Crippen molar-refractivity contribution in [3.8, 4) is 0 Å².